The first kappa shape index (κ1) is 24.1. The molecule has 1 aromatic heterocycles. The number of rotatable bonds is 8. The second-order valence-electron chi connectivity index (χ2n) is 7.77. The fourth-order valence-corrected chi connectivity index (χ4v) is 4.11. The molecule has 0 spiro atoms. The minimum Gasteiger partial charge on any atom is -0.494 e. The lowest BCUT2D eigenvalue weighted by Crippen LogP contribution is -2.44. The summed E-state index contributed by atoms with van der Waals surface area (Å²) in [5, 5.41) is 5.22. The molecular formula is C23H23FN5O5S+. The summed E-state index contributed by atoms with van der Waals surface area (Å²) in [6.07, 6.45) is -0.247. The average molecular weight is 501 g/mol. The molecule has 1 aliphatic rings. The predicted octanol–water partition coefficient (Wildman–Crippen LogP) is 1.86. The Bertz CT molecular complexity index is 1310. The minimum absolute atomic E-state index is 0.0606. The van der Waals surface area contributed by atoms with E-state index in [1.54, 1.807) is 31.3 Å². The van der Waals surface area contributed by atoms with Gasteiger partial charge in [0, 0.05) is 5.69 Å². The van der Waals surface area contributed by atoms with Crippen LogP contribution < -0.4 is 25.3 Å². The average Bonchev–Trinajstić information content (AvgIpc) is 3.27. The van der Waals surface area contributed by atoms with Crippen molar-refractivity contribution in [3.8, 4) is 5.75 Å². The first-order valence-corrected chi connectivity index (χ1v) is 11.2. The van der Waals surface area contributed by atoms with Crippen LogP contribution >= 0.6 is 12.2 Å². The highest BCUT2D eigenvalue weighted by molar-refractivity contribution is 7.80. The lowest BCUT2D eigenvalue weighted by Gasteiger charge is -2.21. The molecule has 2 aromatic carbocycles. The largest absolute Gasteiger partial charge is 0.494 e. The van der Waals surface area contributed by atoms with Crippen LogP contribution in [0.25, 0.3) is 0 Å². The Morgan fingerprint density at radius 1 is 1.20 bits per heavy atom. The Morgan fingerprint density at radius 2 is 1.89 bits per heavy atom. The second-order valence-corrected chi connectivity index (χ2v) is 8.14. The van der Waals surface area contributed by atoms with Crippen LogP contribution in [0.15, 0.2) is 57.8 Å². The van der Waals surface area contributed by atoms with Gasteiger partial charge in [0.15, 0.2) is 12.2 Å². The Hall–Kier alpha value is -4.06. The van der Waals surface area contributed by atoms with E-state index in [0.29, 0.717) is 23.7 Å². The topological polar surface area (TPSA) is 112 Å². The van der Waals surface area contributed by atoms with Gasteiger partial charge in [-0.3, -0.25) is 19.0 Å². The number of anilines is 2. The molecule has 10 nitrogen and oxygen atoms in total. The van der Waals surface area contributed by atoms with Crippen molar-refractivity contribution in [2.45, 2.75) is 25.9 Å². The van der Waals surface area contributed by atoms with Gasteiger partial charge in [-0.05, 0) is 72.9 Å². The molecule has 2 N–H and O–H groups in total. The summed E-state index contributed by atoms with van der Waals surface area (Å²) in [5.74, 6) is -0.690. The molecule has 1 unspecified atom stereocenters. The maximum absolute atomic E-state index is 13.5. The van der Waals surface area contributed by atoms with Gasteiger partial charge in [0.05, 0.1) is 18.7 Å². The molecule has 12 heteroatoms. The van der Waals surface area contributed by atoms with E-state index in [0.717, 1.165) is 0 Å². The highest BCUT2D eigenvalue weighted by Gasteiger charge is 2.45. The van der Waals surface area contributed by atoms with Crippen LogP contribution in [0.4, 0.5) is 15.8 Å². The number of ether oxygens (including phenoxy) is 1. The minimum atomic E-state index is -0.983. The number of halogens is 1. The molecule has 1 saturated heterocycles. The number of aryl methyl sites for hydroxylation is 1. The lowest BCUT2D eigenvalue weighted by atomic mass is 10.1. The molecule has 1 aliphatic heterocycles. The van der Waals surface area contributed by atoms with E-state index in [1.165, 1.54) is 38.7 Å². The highest BCUT2D eigenvalue weighted by Crippen LogP contribution is 2.29. The Morgan fingerprint density at radius 3 is 2.49 bits per heavy atom. The van der Waals surface area contributed by atoms with Crippen molar-refractivity contribution >= 4 is 40.5 Å². The first-order valence-electron chi connectivity index (χ1n) is 10.8. The number of hydrogen-bond acceptors (Lipinski definition) is 6. The third-order valence-electron chi connectivity index (χ3n) is 5.47. The van der Waals surface area contributed by atoms with Crippen LogP contribution in [-0.2, 0) is 23.2 Å². The molecule has 1 fully saturated rings. The van der Waals surface area contributed by atoms with E-state index in [4.69, 9.17) is 21.5 Å². The lowest BCUT2D eigenvalue weighted by molar-refractivity contribution is -0.746. The molecule has 4 rings (SSSR count). The van der Waals surface area contributed by atoms with Gasteiger partial charge in [0.2, 0.25) is 5.91 Å². The van der Waals surface area contributed by atoms with Crippen molar-refractivity contribution < 1.29 is 27.9 Å². The van der Waals surface area contributed by atoms with Gasteiger partial charge >= 0.3 is 11.3 Å². The normalized spacial score (nSPS) is 15.6. The van der Waals surface area contributed by atoms with Crippen molar-refractivity contribution in [3.05, 3.63) is 70.5 Å². The Balaban J connectivity index is 1.61. The number of carbonyl (C=O) groups is 2. The van der Waals surface area contributed by atoms with Crippen molar-refractivity contribution in [1.29, 1.82) is 0 Å². The Kier molecular flexibility index (Phi) is 6.92. The van der Waals surface area contributed by atoms with Gasteiger partial charge in [-0.25, -0.2) is 9.18 Å². The van der Waals surface area contributed by atoms with Crippen LogP contribution in [0.2, 0.25) is 0 Å². The number of nitrogens with one attached hydrogen (secondary N) is 2. The third-order valence-corrected chi connectivity index (χ3v) is 5.88. The third kappa shape index (κ3) is 5.06. The van der Waals surface area contributed by atoms with E-state index >= 15 is 0 Å². The van der Waals surface area contributed by atoms with E-state index in [2.05, 4.69) is 10.6 Å². The predicted molar refractivity (Wildman–Crippen MR) is 127 cm³/mol. The molecule has 1 atom stereocenters. The zero-order valence-electron chi connectivity index (χ0n) is 19.0. The number of H-pyrrole nitrogens is 1. The number of carbonyl (C=O) groups excluding carboxylic acids is 2. The van der Waals surface area contributed by atoms with Gasteiger partial charge in [0.25, 0.3) is 5.91 Å². The van der Waals surface area contributed by atoms with Crippen LogP contribution in [0, 0.1) is 5.82 Å². The van der Waals surface area contributed by atoms with E-state index in [9.17, 15) is 18.8 Å². The monoisotopic (exact) mass is 500 g/mol. The van der Waals surface area contributed by atoms with Crippen LogP contribution in [0.1, 0.15) is 19.0 Å². The van der Waals surface area contributed by atoms with Gasteiger partial charge < -0.3 is 15.0 Å². The van der Waals surface area contributed by atoms with E-state index in [1.807, 2.05) is 6.92 Å². The summed E-state index contributed by atoms with van der Waals surface area (Å²) in [6, 6.07) is 11.1. The van der Waals surface area contributed by atoms with Crippen molar-refractivity contribution in [3.63, 3.8) is 0 Å². The summed E-state index contributed by atoms with van der Waals surface area (Å²) < 4.78 is 24.8. The molecule has 3 aromatic rings. The molecule has 35 heavy (non-hydrogen) atoms. The smallest absolute Gasteiger partial charge is 0.431 e. The van der Waals surface area contributed by atoms with Gasteiger partial charge in [-0.1, -0.05) is 4.68 Å². The summed E-state index contributed by atoms with van der Waals surface area (Å²) in [7, 11) is 1.58. The van der Waals surface area contributed by atoms with Crippen molar-refractivity contribution in [1.82, 2.24) is 10.2 Å². The fraction of sp³-hybridized carbons (Fsp3) is 0.261. The SMILES string of the molecule is CCOc1ccc(N2C(=O)C(CC(=O)Nc3ccc(F)cc3)N(Cc3c(=O)o[nH][n+]3C)C2=S)cc1. The molecule has 2 heterocycles. The quantitative estimate of drug-likeness (QED) is 0.359. The number of amides is 2. The molecule has 0 saturated carbocycles. The van der Waals surface area contributed by atoms with Crippen LogP contribution in [0.3, 0.4) is 0 Å². The zero-order chi connectivity index (χ0) is 25.1. The van der Waals surface area contributed by atoms with E-state index in [-0.39, 0.29) is 23.8 Å². The van der Waals surface area contributed by atoms with Gasteiger partial charge in [-0.15, -0.1) is 0 Å². The maximum atomic E-state index is 13.5. The van der Waals surface area contributed by atoms with Gasteiger partial charge in [-0.2, -0.15) is 0 Å². The fourth-order valence-electron chi connectivity index (χ4n) is 3.72. The maximum Gasteiger partial charge on any atom is 0.431 e. The van der Waals surface area contributed by atoms with E-state index < -0.39 is 29.3 Å². The number of aromatic nitrogens is 2. The molecule has 2 amide bonds. The zero-order valence-corrected chi connectivity index (χ0v) is 19.8. The Labute approximate surface area is 204 Å². The number of aromatic amines is 1. The molecule has 0 bridgehead atoms. The second kappa shape index (κ2) is 10.1. The summed E-state index contributed by atoms with van der Waals surface area (Å²) >= 11 is 5.61. The molecular weight excluding hydrogens is 477 g/mol. The van der Waals surface area contributed by atoms with Crippen molar-refractivity contribution in [2.24, 2.45) is 7.05 Å². The first-order chi connectivity index (χ1) is 16.8. The van der Waals surface area contributed by atoms with Crippen LogP contribution in [-0.4, -0.2) is 39.7 Å². The van der Waals surface area contributed by atoms with Crippen LogP contribution in [0.5, 0.6) is 5.75 Å². The molecule has 182 valence electrons. The summed E-state index contributed by atoms with van der Waals surface area (Å²) in [4.78, 5) is 41.3. The number of nitrogens with zero attached hydrogens (tertiary/aromatic N) is 3. The standard InChI is InChI=1S/C23H22FN5O5S/c1-3-33-17-10-8-16(9-11-17)29-21(31)18(12-20(30)25-15-6-4-14(24)5-7-15)28(23(29)35)13-19-22(32)34-26-27(19)2/h4-11,18H,3,12-13H2,1-2H3,(H-,25,26,30,32)/p+1. The summed E-state index contributed by atoms with van der Waals surface area (Å²) in [5.41, 5.74) is 0.492. The number of benzene rings is 2. The van der Waals surface area contributed by atoms with Crippen molar-refractivity contribution in [2.75, 3.05) is 16.8 Å². The molecule has 0 radical (unpaired) electrons. The summed E-state index contributed by atoms with van der Waals surface area (Å²) in [6.45, 7) is 2.30. The highest BCUT2D eigenvalue weighted by atomic mass is 32.1. The molecule has 0 aliphatic carbocycles. The number of thiocarbonyl (C=S) groups is 1. The van der Waals surface area contributed by atoms with Gasteiger partial charge in [0.1, 0.15) is 24.2 Å². The number of hydrogen-bond donors (Lipinski definition) is 2.